The molecule has 2 fully saturated rings. The molecule has 16 heteroatoms. The Bertz CT molecular complexity index is 2520. The number of nitrogens with one attached hydrogen (secondary N) is 1. The number of allylic oxidation sites excluding steroid dienone is 1. The van der Waals surface area contributed by atoms with Crippen LogP contribution < -0.4 is 19.1 Å². The van der Waals surface area contributed by atoms with Crippen molar-refractivity contribution >= 4 is 56.6 Å². The van der Waals surface area contributed by atoms with Gasteiger partial charge in [-0.25, -0.2) is 26.9 Å². The number of hydrogen-bond donors (Lipinski definition) is 2. The molecule has 0 spiro atoms. The van der Waals surface area contributed by atoms with Gasteiger partial charge in [0, 0.05) is 74.1 Å². The standard InChI is InChI=1S/C46H49Cl2F2N5O6S/c1-44(2)13-12-32(37(24-44)30-6-8-33(47)9-7-30)28-54-18-20-55(21-19-54)34-10-11-36(41(22-34)61-40-5-3-4-31-25-51-27-38(31)40)42(56)53-62(58,59)35-23-39(48)43(52-26-35)60-29-45(57)14-16-46(49,50)17-15-45/h3-11,22-23,26-27,57H,12-21,24-25,28-29H2,1-2H3,(H,53,56). The number of pyridine rings is 1. The quantitative estimate of drug-likeness (QED) is 0.143. The van der Waals surface area contributed by atoms with Crippen molar-refractivity contribution < 1.29 is 36.6 Å². The summed E-state index contributed by atoms with van der Waals surface area (Å²) in [5, 5.41) is 11.2. The number of piperazine rings is 1. The molecule has 0 radical (unpaired) electrons. The molecular weight excluding hydrogens is 860 g/mol. The van der Waals surface area contributed by atoms with Gasteiger partial charge < -0.3 is 19.5 Å². The molecule has 3 heterocycles. The van der Waals surface area contributed by atoms with Crippen LogP contribution in [0, 0.1) is 5.41 Å². The highest BCUT2D eigenvalue weighted by Crippen LogP contribution is 2.44. The molecule has 11 nitrogen and oxygen atoms in total. The number of anilines is 1. The highest BCUT2D eigenvalue weighted by Gasteiger charge is 2.43. The Morgan fingerprint density at radius 1 is 0.935 bits per heavy atom. The molecule has 4 aliphatic rings. The Balaban J connectivity index is 0.981. The molecule has 0 unspecified atom stereocenters. The smallest absolute Gasteiger partial charge is 0.268 e. The van der Waals surface area contributed by atoms with E-state index in [0.29, 0.717) is 12.3 Å². The topological polar surface area (TPSA) is 134 Å². The van der Waals surface area contributed by atoms with Crippen LogP contribution >= 0.6 is 23.2 Å². The van der Waals surface area contributed by atoms with Crippen LogP contribution in [0.4, 0.5) is 14.5 Å². The lowest BCUT2D eigenvalue weighted by atomic mass is 9.72. The van der Waals surface area contributed by atoms with Crippen LogP contribution in [-0.2, 0) is 16.6 Å². The van der Waals surface area contributed by atoms with Crippen molar-refractivity contribution in [3.05, 3.63) is 111 Å². The summed E-state index contributed by atoms with van der Waals surface area (Å²) in [6.07, 6.45) is 4.55. The highest BCUT2D eigenvalue weighted by atomic mass is 35.5. The van der Waals surface area contributed by atoms with Gasteiger partial charge in [-0.15, -0.1) is 0 Å². The molecule has 3 aromatic carbocycles. The predicted octanol–water partition coefficient (Wildman–Crippen LogP) is 9.34. The van der Waals surface area contributed by atoms with E-state index in [9.17, 15) is 27.1 Å². The van der Waals surface area contributed by atoms with Crippen molar-refractivity contribution in [1.29, 1.82) is 0 Å². The fraction of sp³-hybridized carbons (Fsp3) is 0.413. The fourth-order valence-corrected chi connectivity index (χ4v) is 9.87. The van der Waals surface area contributed by atoms with Crippen LogP contribution in [0.25, 0.3) is 5.57 Å². The van der Waals surface area contributed by atoms with E-state index in [1.54, 1.807) is 30.5 Å². The summed E-state index contributed by atoms with van der Waals surface area (Å²) in [6.45, 7) is 8.78. The van der Waals surface area contributed by atoms with Gasteiger partial charge in [0.05, 0.1) is 23.9 Å². The van der Waals surface area contributed by atoms with E-state index in [1.165, 1.54) is 16.7 Å². The van der Waals surface area contributed by atoms with Crippen LogP contribution in [0.3, 0.4) is 0 Å². The van der Waals surface area contributed by atoms with E-state index in [0.717, 1.165) is 86.1 Å². The van der Waals surface area contributed by atoms with Gasteiger partial charge >= 0.3 is 0 Å². The maximum atomic E-state index is 13.9. The van der Waals surface area contributed by atoms with Crippen LogP contribution in [-0.4, -0.2) is 86.4 Å². The number of benzene rings is 3. The van der Waals surface area contributed by atoms with E-state index in [1.807, 2.05) is 24.3 Å². The summed E-state index contributed by atoms with van der Waals surface area (Å²) in [6, 6.07) is 19.9. The zero-order valence-electron chi connectivity index (χ0n) is 34.6. The first-order chi connectivity index (χ1) is 29.4. The molecule has 1 saturated heterocycles. The molecular formula is C46H49Cl2F2N5O6S. The fourth-order valence-electron chi connectivity index (χ4n) is 8.52. The molecule has 1 aromatic heterocycles. The Kier molecular flexibility index (Phi) is 12.4. The number of aromatic nitrogens is 1. The van der Waals surface area contributed by atoms with Crippen molar-refractivity contribution in [3.8, 4) is 17.4 Å². The van der Waals surface area contributed by atoms with Crippen molar-refractivity contribution in [2.75, 3.05) is 44.2 Å². The summed E-state index contributed by atoms with van der Waals surface area (Å²) in [5.74, 6) is -3.34. The van der Waals surface area contributed by atoms with Crippen molar-refractivity contribution in [1.82, 2.24) is 14.6 Å². The molecule has 4 aromatic rings. The third-order valence-electron chi connectivity index (χ3n) is 12.3. The average molecular weight is 909 g/mol. The van der Waals surface area contributed by atoms with Crippen molar-refractivity contribution in [3.63, 3.8) is 0 Å². The Hall–Kier alpha value is -4.60. The average Bonchev–Trinajstić information content (AvgIpc) is 3.73. The lowest BCUT2D eigenvalue weighted by Crippen LogP contribution is -2.47. The normalized spacial score (nSPS) is 19.6. The number of rotatable bonds is 12. The largest absolute Gasteiger partial charge is 0.474 e. The number of hydrogen-bond acceptors (Lipinski definition) is 10. The number of aliphatic imine (C=N–C) groups is 1. The van der Waals surface area contributed by atoms with E-state index in [4.69, 9.17) is 32.7 Å². The molecule has 328 valence electrons. The van der Waals surface area contributed by atoms with Crippen LogP contribution in [0.15, 0.2) is 88.4 Å². The second-order valence-corrected chi connectivity index (χ2v) is 20.1. The first-order valence-electron chi connectivity index (χ1n) is 20.8. The van der Waals surface area contributed by atoms with Gasteiger partial charge in [0.15, 0.2) is 0 Å². The van der Waals surface area contributed by atoms with Gasteiger partial charge in [0.1, 0.15) is 28.0 Å². The second kappa shape index (κ2) is 17.5. The molecule has 62 heavy (non-hydrogen) atoms. The molecule has 1 saturated carbocycles. The summed E-state index contributed by atoms with van der Waals surface area (Å²) in [7, 11) is -4.52. The number of carbonyl (C=O) groups is 1. The van der Waals surface area contributed by atoms with Crippen LogP contribution in [0.5, 0.6) is 17.4 Å². The number of ether oxygens (including phenoxy) is 2. The number of fused-ring (bicyclic) bond motifs is 1. The van der Waals surface area contributed by atoms with E-state index >= 15 is 0 Å². The van der Waals surface area contributed by atoms with Gasteiger partial charge in [0.25, 0.3) is 15.9 Å². The third kappa shape index (κ3) is 10.1. The monoisotopic (exact) mass is 907 g/mol. The maximum Gasteiger partial charge on any atom is 0.268 e. The van der Waals surface area contributed by atoms with Gasteiger partial charge in [-0.3, -0.25) is 14.7 Å². The lowest BCUT2D eigenvalue weighted by Gasteiger charge is -2.39. The lowest BCUT2D eigenvalue weighted by molar-refractivity contribution is -0.116. The van der Waals surface area contributed by atoms with Gasteiger partial charge in [-0.1, -0.05) is 66.9 Å². The van der Waals surface area contributed by atoms with Gasteiger partial charge in [0.2, 0.25) is 11.8 Å². The zero-order valence-corrected chi connectivity index (χ0v) is 36.9. The first-order valence-corrected chi connectivity index (χ1v) is 23.0. The maximum absolute atomic E-state index is 13.9. The van der Waals surface area contributed by atoms with Crippen LogP contribution in [0.1, 0.15) is 85.8 Å². The number of amides is 1. The molecule has 2 aliphatic carbocycles. The highest BCUT2D eigenvalue weighted by molar-refractivity contribution is 7.90. The molecule has 0 atom stereocenters. The molecule has 1 amide bonds. The van der Waals surface area contributed by atoms with Gasteiger partial charge in [-0.05, 0) is 90.6 Å². The summed E-state index contributed by atoms with van der Waals surface area (Å²) < 4.78 is 68.6. The zero-order chi connectivity index (χ0) is 43.9. The number of nitrogens with zero attached hydrogens (tertiary/aromatic N) is 4. The Morgan fingerprint density at radius 3 is 2.40 bits per heavy atom. The SMILES string of the molecule is CC1(C)CCC(CN2CCN(c3ccc(C(=O)NS(=O)(=O)c4cnc(OCC5(O)CCC(F)(F)CC5)c(Cl)c4)c(Oc4cccc5c4C=NC5)c3)CC2)=C(c2ccc(Cl)cc2)C1. The number of aliphatic hydroxyl groups is 1. The van der Waals surface area contributed by atoms with E-state index < -0.39 is 45.2 Å². The number of halogens is 4. The number of carbonyl (C=O) groups excluding carboxylic acids is 1. The molecule has 8 rings (SSSR count). The minimum absolute atomic E-state index is 0.0179. The van der Waals surface area contributed by atoms with Crippen LogP contribution in [0.2, 0.25) is 10.0 Å². The summed E-state index contributed by atoms with van der Waals surface area (Å²) >= 11 is 12.6. The van der Waals surface area contributed by atoms with Gasteiger partial charge in [-0.2, -0.15) is 0 Å². The van der Waals surface area contributed by atoms with Crippen molar-refractivity contribution in [2.45, 2.75) is 81.8 Å². The Morgan fingerprint density at radius 2 is 1.68 bits per heavy atom. The minimum atomic E-state index is -4.52. The van der Waals surface area contributed by atoms with E-state index in [-0.39, 0.29) is 47.1 Å². The van der Waals surface area contributed by atoms with E-state index in [2.05, 4.69) is 50.5 Å². The number of alkyl halides is 2. The Labute approximate surface area is 370 Å². The molecule has 2 N–H and O–H groups in total. The number of sulfonamides is 1. The third-order valence-corrected chi connectivity index (χ3v) is 14.1. The summed E-state index contributed by atoms with van der Waals surface area (Å²) in [4.78, 5) is 26.6. The minimum Gasteiger partial charge on any atom is -0.474 e. The molecule has 2 aliphatic heterocycles. The summed E-state index contributed by atoms with van der Waals surface area (Å²) in [5.41, 5.74) is 5.36. The first kappa shape index (κ1) is 44.0. The predicted molar refractivity (Wildman–Crippen MR) is 237 cm³/mol. The second-order valence-electron chi connectivity index (χ2n) is 17.5. The van der Waals surface area contributed by atoms with Crippen molar-refractivity contribution in [2.24, 2.45) is 10.4 Å². The molecule has 0 bridgehead atoms.